The van der Waals surface area contributed by atoms with Gasteiger partial charge in [0.1, 0.15) is 5.75 Å². The predicted octanol–water partition coefficient (Wildman–Crippen LogP) is 2.92. The molecule has 0 saturated carbocycles. The summed E-state index contributed by atoms with van der Waals surface area (Å²) in [5, 5.41) is 0. The average Bonchev–Trinajstić information content (AvgIpc) is 2.68. The second-order valence-electron chi connectivity index (χ2n) is 6.27. The topological polar surface area (TPSA) is 62.7 Å². The number of ether oxygens (including phenoxy) is 1. The maximum Gasteiger partial charge on any atom is 0.224 e. The molecule has 0 aliphatic carbocycles. The Bertz CT molecular complexity index is 732. The summed E-state index contributed by atoms with van der Waals surface area (Å²) in [6.07, 6.45) is 4.55. The first-order valence-corrected chi connectivity index (χ1v) is 9.15. The van der Waals surface area contributed by atoms with Gasteiger partial charge in [-0.1, -0.05) is 0 Å². The van der Waals surface area contributed by atoms with Crippen molar-refractivity contribution in [1.29, 1.82) is 0 Å². The molecule has 27 heavy (non-hydrogen) atoms. The summed E-state index contributed by atoms with van der Waals surface area (Å²) in [4.78, 5) is 31.7. The Balaban J connectivity index is 1.88. The SMILES string of the molecule is CCOc1ccc(N(CCC(=O)N(C)CCc2ccncc2)C(C)=O)cc1. The van der Waals surface area contributed by atoms with Crippen molar-refractivity contribution in [3.05, 3.63) is 54.4 Å². The quantitative estimate of drug-likeness (QED) is 0.682. The van der Waals surface area contributed by atoms with E-state index < -0.39 is 0 Å². The number of likely N-dealkylation sites (N-methyl/N-ethyl adjacent to an activating group) is 1. The highest BCUT2D eigenvalue weighted by Gasteiger charge is 2.15. The van der Waals surface area contributed by atoms with Gasteiger partial charge in [0.15, 0.2) is 0 Å². The number of carbonyl (C=O) groups excluding carboxylic acids is 2. The van der Waals surface area contributed by atoms with E-state index in [1.807, 2.05) is 43.3 Å². The summed E-state index contributed by atoms with van der Waals surface area (Å²) in [5.74, 6) is 0.685. The largest absolute Gasteiger partial charge is 0.494 e. The summed E-state index contributed by atoms with van der Waals surface area (Å²) in [6.45, 7) is 5.00. The molecule has 2 rings (SSSR count). The molecule has 144 valence electrons. The first-order chi connectivity index (χ1) is 13.0. The van der Waals surface area contributed by atoms with Crippen molar-refractivity contribution in [3.8, 4) is 5.75 Å². The first-order valence-electron chi connectivity index (χ1n) is 9.15. The van der Waals surface area contributed by atoms with Crippen LogP contribution < -0.4 is 9.64 Å². The third-order valence-corrected chi connectivity index (χ3v) is 4.30. The van der Waals surface area contributed by atoms with Crippen LogP contribution in [0.3, 0.4) is 0 Å². The Labute approximate surface area is 160 Å². The molecule has 0 spiro atoms. The van der Waals surface area contributed by atoms with Gasteiger partial charge in [-0.15, -0.1) is 0 Å². The lowest BCUT2D eigenvalue weighted by Gasteiger charge is -2.23. The van der Waals surface area contributed by atoms with E-state index in [1.165, 1.54) is 6.92 Å². The Morgan fingerprint density at radius 3 is 2.30 bits per heavy atom. The molecule has 0 fully saturated rings. The van der Waals surface area contributed by atoms with E-state index >= 15 is 0 Å². The van der Waals surface area contributed by atoms with E-state index in [1.54, 1.807) is 29.2 Å². The van der Waals surface area contributed by atoms with Crippen molar-refractivity contribution in [2.24, 2.45) is 0 Å². The third-order valence-electron chi connectivity index (χ3n) is 4.30. The van der Waals surface area contributed by atoms with E-state index in [-0.39, 0.29) is 18.2 Å². The third kappa shape index (κ3) is 6.40. The zero-order valence-corrected chi connectivity index (χ0v) is 16.2. The molecular weight excluding hydrogens is 342 g/mol. The molecule has 6 nitrogen and oxygen atoms in total. The molecule has 1 aromatic carbocycles. The van der Waals surface area contributed by atoms with Gasteiger partial charge in [0, 0.05) is 51.6 Å². The summed E-state index contributed by atoms with van der Waals surface area (Å²) in [7, 11) is 1.79. The van der Waals surface area contributed by atoms with Crippen LogP contribution in [0.15, 0.2) is 48.8 Å². The van der Waals surface area contributed by atoms with E-state index in [0.29, 0.717) is 19.7 Å². The smallest absolute Gasteiger partial charge is 0.224 e. The Morgan fingerprint density at radius 2 is 1.70 bits per heavy atom. The van der Waals surface area contributed by atoms with Gasteiger partial charge in [-0.2, -0.15) is 0 Å². The van der Waals surface area contributed by atoms with E-state index in [9.17, 15) is 9.59 Å². The molecule has 0 radical (unpaired) electrons. The Morgan fingerprint density at radius 1 is 1.04 bits per heavy atom. The minimum absolute atomic E-state index is 0.0150. The van der Waals surface area contributed by atoms with Crippen LogP contribution in [0.2, 0.25) is 0 Å². The number of pyridine rings is 1. The van der Waals surface area contributed by atoms with Crippen molar-refractivity contribution in [3.63, 3.8) is 0 Å². The lowest BCUT2D eigenvalue weighted by atomic mass is 10.2. The summed E-state index contributed by atoms with van der Waals surface area (Å²) < 4.78 is 5.43. The zero-order valence-electron chi connectivity index (χ0n) is 16.2. The number of rotatable bonds is 9. The Hall–Kier alpha value is -2.89. The number of anilines is 1. The van der Waals surface area contributed by atoms with Gasteiger partial charge >= 0.3 is 0 Å². The van der Waals surface area contributed by atoms with Crippen LogP contribution in [0, 0.1) is 0 Å². The molecule has 1 aromatic heterocycles. The molecule has 0 atom stereocenters. The van der Waals surface area contributed by atoms with Crippen molar-refractivity contribution in [1.82, 2.24) is 9.88 Å². The second kappa shape index (κ2) is 10.3. The van der Waals surface area contributed by atoms with Gasteiger partial charge in [0.05, 0.1) is 6.61 Å². The molecular formula is C21H27N3O3. The van der Waals surface area contributed by atoms with Crippen LogP contribution in [0.25, 0.3) is 0 Å². The molecule has 0 bridgehead atoms. The van der Waals surface area contributed by atoms with Crippen molar-refractivity contribution >= 4 is 17.5 Å². The predicted molar refractivity (Wildman–Crippen MR) is 106 cm³/mol. The Kier molecular flexibility index (Phi) is 7.79. The van der Waals surface area contributed by atoms with E-state index in [2.05, 4.69) is 4.98 Å². The molecule has 0 N–H and O–H groups in total. The maximum absolute atomic E-state index is 12.4. The van der Waals surface area contributed by atoms with Crippen LogP contribution in [0.5, 0.6) is 5.75 Å². The highest BCUT2D eigenvalue weighted by atomic mass is 16.5. The number of hydrogen-bond donors (Lipinski definition) is 0. The average molecular weight is 369 g/mol. The zero-order chi connectivity index (χ0) is 19.6. The highest BCUT2D eigenvalue weighted by Crippen LogP contribution is 2.20. The fourth-order valence-electron chi connectivity index (χ4n) is 2.73. The molecule has 0 aliphatic heterocycles. The van der Waals surface area contributed by atoms with Crippen molar-refractivity contribution in [2.75, 3.05) is 31.6 Å². The van der Waals surface area contributed by atoms with Gasteiger partial charge in [0.25, 0.3) is 0 Å². The molecule has 6 heteroatoms. The lowest BCUT2D eigenvalue weighted by Crippen LogP contribution is -2.35. The number of hydrogen-bond acceptors (Lipinski definition) is 4. The van der Waals surface area contributed by atoms with Gasteiger partial charge in [-0.05, 0) is 55.3 Å². The summed E-state index contributed by atoms with van der Waals surface area (Å²) in [6, 6.07) is 11.2. The molecule has 0 unspecified atom stereocenters. The minimum atomic E-state index is -0.0913. The van der Waals surface area contributed by atoms with E-state index in [0.717, 1.165) is 23.4 Å². The van der Waals surface area contributed by atoms with Crippen LogP contribution in [-0.4, -0.2) is 48.4 Å². The standard InChI is InChI=1S/C21H27N3O3/c1-4-27-20-7-5-19(6-8-20)24(17(2)25)16-12-21(26)23(3)15-11-18-9-13-22-14-10-18/h5-10,13-14H,4,11-12,15-16H2,1-3H3. The molecule has 2 amide bonds. The van der Waals surface area contributed by atoms with Crippen LogP contribution >= 0.6 is 0 Å². The van der Waals surface area contributed by atoms with Crippen molar-refractivity contribution < 1.29 is 14.3 Å². The second-order valence-corrected chi connectivity index (χ2v) is 6.27. The summed E-state index contributed by atoms with van der Waals surface area (Å²) >= 11 is 0. The number of nitrogens with zero attached hydrogens (tertiary/aromatic N) is 3. The number of benzene rings is 1. The molecule has 0 saturated heterocycles. The van der Waals surface area contributed by atoms with Crippen molar-refractivity contribution in [2.45, 2.75) is 26.7 Å². The van der Waals surface area contributed by atoms with Crippen LogP contribution in [-0.2, 0) is 16.0 Å². The van der Waals surface area contributed by atoms with Crippen LogP contribution in [0.4, 0.5) is 5.69 Å². The highest BCUT2D eigenvalue weighted by molar-refractivity contribution is 5.92. The van der Waals surface area contributed by atoms with Gasteiger partial charge in [0.2, 0.25) is 11.8 Å². The van der Waals surface area contributed by atoms with Gasteiger partial charge < -0.3 is 14.5 Å². The monoisotopic (exact) mass is 369 g/mol. The molecule has 0 aliphatic rings. The number of carbonyl (C=O) groups is 2. The first kappa shape index (κ1) is 20.4. The number of amides is 2. The summed E-state index contributed by atoms with van der Waals surface area (Å²) in [5.41, 5.74) is 1.91. The van der Waals surface area contributed by atoms with Crippen LogP contribution in [0.1, 0.15) is 25.8 Å². The van der Waals surface area contributed by atoms with Gasteiger partial charge in [-0.25, -0.2) is 0 Å². The number of aromatic nitrogens is 1. The fraction of sp³-hybridized carbons (Fsp3) is 0.381. The molecule has 1 heterocycles. The lowest BCUT2D eigenvalue weighted by molar-refractivity contribution is -0.129. The normalized spacial score (nSPS) is 10.3. The molecule has 2 aromatic rings. The minimum Gasteiger partial charge on any atom is -0.494 e. The fourth-order valence-corrected chi connectivity index (χ4v) is 2.73. The maximum atomic E-state index is 12.4. The van der Waals surface area contributed by atoms with E-state index in [4.69, 9.17) is 4.74 Å². The van der Waals surface area contributed by atoms with Gasteiger partial charge in [-0.3, -0.25) is 14.6 Å².